The number of pyridine rings is 1. The summed E-state index contributed by atoms with van der Waals surface area (Å²) in [5, 5.41) is 11.3. The van der Waals surface area contributed by atoms with E-state index in [1.165, 1.54) is 0 Å². The second-order valence-corrected chi connectivity index (χ2v) is 4.08. The SMILES string of the molecule is N#Cc1ccc(CNC(=O)c2cc(F)cnc2N)cc1. The van der Waals surface area contributed by atoms with E-state index in [9.17, 15) is 9.18 Å². The molecular formula is C14H11FN4O. The molecule has 6 heteroatoms. The third-order valence-corrected chi connectivity index (χ3v) is 2.67. The topological polar surface area (TPSA) is 91.8 Å². The number of nitrogens with two attached hydrogens (primary N) is 1. The number of hydrogen-bond acceptors (Lipinski definition) is 4. The Hall–Kier alpha value is -2.94. The molecule has 0 atom stereocenters. The van der Waals surface area contributed by atoms with Gasteiger partial charge in [0.1, 0.15) is 11.6 Å². The summed E-state index contributed by atoms with van der Waals surface area (Å²) in [5.74, 6) is -1.15. The van der Waals surface area contributed by atoms with E-state index >= 15 is 0 Å². The quantitative estimate of drug-likeness (QED) is 0.886. The zero-order chi connectivity index (χ0) is 14.5. The van der Waals surface area contributed by atoms with Crippen LogP contribution in [0.1, 0.15) is 21.5 Å². The first-order valence-corrected chi connectivity index (χ1v) is 5.78. The molecule has 0 aliphatic carbocycles. The maximum atomic E-state index is 13.0. The minimum absolute atomic E-state index is 0.00125. The van der Waals surface area contributed by atoms with Gasteiger partial charge in [-0.25, -0.2) is 9.37 Å². The summed E-state index contributed by atoms with van der Waals surface area (Å²) in [4.78, 5) is 15.4. The van der Waals surface area contributed by atoms with Gasteiger partial charge in [-0.05, 0) is 23.8 Å². The maximum Gasteiger partial charge on any atom is 0.255 e. The predicted molar refractivity (Wildman–Crippen MR) is 70.9 cm³/mol. The van der Waals surface area contributed by atoms with Crippen LogP contribution in [0.3, 0.4) is 0 Å². The summed E-state index contributed by atoms with van der Waals surface area (Å²) < 4.78 is 13.0. The molecule has 0 aliphatic heterocycles. The van der Waals surface area contributed by atoms with Crippen molar-refractivity contribution in [3.63, 3.8) is 0 Å². The first-order valence-electron chi connectivity index (χ1n) is 5.78. The molecule has 0 bridgehead atoms. The number of nitrogen functional groups attached to an aromatic ring is 1. The highest BCUT2D eigenvalue weighted by Gasteiger charge is 2.11. The Morgan fingerprint density at radius 1 is 1.40 bits per heavy atom. The van der Waals surface area contributed by atoms with Crippen molar-refractivity contribution in [1.82, 2.24) is 10.3 Å². The number of carbonyl (C=O) groups excluding carboxylic acids is 1. The van der Waals surface area contributed by atoms with Crippen LogP contribution < -0.4 is 11.1 Å². The number of hydrogen-bond donors (Lipinski definition) is 2. The normalized spacial score (nSPS) is 9.80. The fraction of sp³-hybridized carbons (Fsp3) is 0.0714. The number of rotatable bonds is 3. The number of halogens is 1. The summed E-state index contributed by atoms with van der Waals surface area (Å²) in [6.07, 6.45) is 0.951. The summed E-state index contributed by atoms with van der Waals surface area (Å²) in [7, 11) is 0. The summed E-state index contributed by atoms with van der Waals surface area (Å²) >= 11 is 0. The lowest BCUT2D eigenvalue weighted by Gasteiger charge is -2.07. The van der Waals surface area contributed by atoms with Crippen molar-refractivity contribution in [2.24, 2.45) is 0 Å². The smallest absolute Gasteiger partial charge is 0.255 e. The van der Waals surface area contributed by atoms with E-state index in [1.54, 1.807) is 24.3 Å². The van der Waals surface area contributed by atoms with Gasteiger partial charge in [-0.3, -0.25) is 4.79 Å². The van der Waals surface area contributed by atoms with E-state index in [1.807, 2.05) is 6.07 Å². The van der Waals surface area contributed by atoms with Crippen molar-refractivity contribution in [2.75, 3.05) is 5.73 Å². The molecule has 0 fully saturated rings. The molecule has 3 N–H and O–H groups in total. The molecule has 1 aromatic heterocycles. The van der Waals surface area contributed by atoms with Gasteiger partial charge in [0.25, 0.3) is 5.91 Å². The predicted octanol–water partition coefficient (Wildman–Crippen LogP) is 1.60. The monoisotopic (exact) mass is 270 g/mol. The van der Waals surface area contributed by atoms with Gasteiger partial charge in [-0.2, -0.15) is 5.26 Å². The van der Waals surface area contributed by atoms with Crippen molar-refractivity contribution in [3.8, 4) is 6.07 Å². The number of anilines is 1. The Balaban J connectivity index is 2.04. The Bertz CT molecular complexity index is 677. The molecule has 0 spiro atoms. The maximum absolute atomic E-state index is 13.0. The second kappa shape index (κ2) is 5.80. The zero-order valence-corrected chi connectivity index (χ0v) is 10.4. The van der Waals surface area contributed by atoms with E-state index in [4.69, 9.17) is 11.0 Å². The Morgan fingerprint density at radius 2 is 2.10 bits per heavy atom. The molecule has 0 radical (unpaired) electrons. The molecule has 5 nitrogen and oxygen atoms in total. The van der Waals surface area contributed by atoms with Gasteiger partial charge >= 0.3 is 0 Å². The first kappa shape index (κ1) is 13.5. The largest absolute Gasteiger partial charge is 0.383 e. The number of amides is 1. The van der Waals surface area contributed by atoms with Crippen LogP contribution in [0, 0.1) is 17.1 Å². The van der Waals surface area contributed by atoms with Crippen LogP contribution in [-0.2, 0) is 6.54 Å². The highest BCUT2D eigenvalue weighted by Crippen LogP contribution is 2.10. The van der Waals surface area contributed by atoms with Crippen LogP contribution >= 0.6 is 0 Å². The molecule has 0 unspecified atom stereocenters. The number of carbonyl (C=O) groups is 1. The van der Waals surface area contributed by atoms with Crippen LogP contribution in [0.15, 0.2) is 36.5 Å². The van der Waals surface area contributed by atoms with E-state index in [0.29, 0.717) is 5.56 Å². The van der Waals surface area contributed by atoms with Gasteiger partial charge in [0, 0.05) is 6.54 Å². The summed E-state index contributed by atoms with van der Waals surface area (Å²) in [6.45, 7) is 0.250. The molecule has 1 aromatic carbocycles. The average Bonchev–Trinajstić information content (AvgIpc) is 2.47. The summed E-state index contributed by atoms with van der Waals surface area (Å²) in [5.41, 5.74) is 6.88. The van der Waals surface area contributed by atoms with Crippen molar-refractivity contribution >= 4 is 11.7 Å². The third-order valence-electron chi connectivity index (χ3n) is 2.67. The standard InChI is InChI=1S/C14H11FN4O/c15-11-5-12(13(17)18-8-11)14(20)19-7-10-3-1-9(6-16)2-4-10/h1-5,8H,7H2,(H2,17,18)(H,19,20). The molecule has 0 aliphatic rings. The molecule has 2 aromatic rings. The van der Waals surface area contributed by atoms with Crippen molar-refractivity contribution in [2.45, 2.75) is 6.54 Å². The van der Waals surface area contributed by atoms with Crippen molar-refractivity contribution < 1.29 is 9.18 Å². The number of aromatic nitrogens is 1. The molecule has 100 valence electrons. The van der Waals surface area contributed by atoms with Gasteiger partial charge in [0.05, 0.1) is 23.4 Å². The van der Waals surface area contributed by atoms with Gasteiger partial charge < -0.3 is 11.1 Å². The molecule has 0 saturated heterocycles. The first-order chi connectivity index (χ1) is 9.60. The highest BCUT2D eigenvalue weighted by atomic mass is 19.1. The van der Waals surface area contributed by atoms with Crippen LogP contribution in [0.2, 0.25) is 0 Å². The lowest BCUT2D eigenvalue weighted by atomic mass is 10.1. The average molecular weight is 270 g/mol. The fourth-order valence-electron chi connectivity index (χ4n) is 1.61. The van der Waals surface area contributed by atoms with Crippen molar-refractivity contribution in [3.05, 3.63) is 59.0 Å². The third kappa shape index (κ3) is 3.09. The van der Waals surface area contributed by atoms with E-state index in [2.05, 4.69) is 10.3 Å². The van der Waals surface area contributed by atoms with Gasteiger partial charge in [0.2, 0.25) is 0 Å². The molecule has 20 heavy (non-hydrogen) atoms. The van der Waals surface area contributed by atoms with Gasteiger partial charge in [-0.15, -0.1) is 0 Å². The molecular weight excluding hydrogens is 259 g/mol. The van der Waals surface area contributed by atoms with Crippen LogP contribution in [-0.4, -0.2) is 10.9 Å². The van der Waals surface area contributed by atoms with Gasteiger partial charge in [-0.1, -0.05) is 12.1 Å². The lowest BCUT2D eigenvalue weighted by Crippen LogP contribution is -2.24. The Kier molecular flexibility index (Phi) is 3.91. The van der Waals surface area contributed by atoms with E-state index in [-0.39, 0.29) is 17.9 Å². The van der Waals surface area contributed by atoms with Crippen LogP contribution in [0.4, 0.5) is 10.2 Å². The van der Waals surface area contributed by atoms with Gasteiger partial charge in [0.15, 0.2) is 0 Å². The Morgan fingerprint density at radius 3 is 2.75 bits per heavy atom. The van der Waals surface area contributed by atoms with Crippen LogP contribution in [0.25, 0.3) is 0 Å². The van der Waals surface area contributed by atoms with E-state index in [0.717, 1.165) is 17.8 Å². The lowest BCUT2D eigenvalue weighted by molar-refractivity contribution is 0.0951. The van der Waals surface area contributed by atoms with Crippen molar-refractivity contribution in [1.29, 1.82) is 5.26 Å². The molecule has 2 rings (SSSR count). The zero-order valence-electron chi connectivity index (χ0n) is 10.4. The minimum atomic E-state index is -0.622. The number of nitrogens with one attached hydrogen (secondary N) is 1. The number of nitrogens with zero attached hydrogens (tertiary/aromatic N) is 2. The minimum Gasteiger partial charge on any atom is -0.383 e. The molecule has 1 heterocycles. The summed E-state index contributed by atoms with van der Waals surface area (Å²) in [6, 6.07) is 9.80. The molecule has 0 saturated carbocycles. The van der Waals surface area contributed by atoms with Crippen LogP contribution in [0.5, 0.6) is 0 Å². The number of nitriles is 1. The Labute approximate surface area is 114 Å². The molecule has 1 amide bonds. The second-order valence-electron chi connectivity index (χ2n) is 4.08. The number of benzene rings is 1. The van der Waals surface area contributed by atoms with E-state index < -0.39 is 11.7 Å². The fourth-order valence-corrected chi connectivity index (χ4v) is 1.61. The highest BCUT2D eigenvalue weighted by molar-refractivity contribution is 5.98.